The first-order valence-electron chi connectivity index (χ1n) is 6.05. The van der Waals surface area contributed by atoms with E-state index in [2.05, 4.69) is 4.98 Å². The summed E-state index contributed by atoms with van der Waals surface area (Å²) in [5.41, 5.74) is 0.815. The molecule has 1 aliphatic rings. The van der Waals surface area contributed by atoms with Gasteiger partial charge in [-0.1, -0.05) is 6.07 Å². The van der Waals surface area contributed by atoms with E-state index in [0.717, 1.165) is 5.56 Å². The van der Waals surface area contributed by atoms with Crippen molar-refractivity contribution in [3.8, 4) is 6.07 Å². The Labute approximate surface area is 108 Å². The molecule has 0 spiro atoms. The number of nitrogens with zero attached hydrogens (tertiary/aromatic N) is 2. The van der Waals surface area contributed by atoms with Crippen molar-refractivity contribution in [3.05, 3.63) is 29.6 Å². The van der Waals surface area contributed by atoms with E-state index in [1.807, 2.05) is 39.8 Å². The van der Waals surface area contributed by atoms with Gasteiger partial charge in [-0.15, -0.1) is 0 Å². The summed E-state index contributed by atoms with van der Waals surface area (Å²) >= 11 is 0. The minimum absolute atomic E-state index is 0.260. The molecule has 4 nitrogen and oxygen atoms in total. The van der Waals surface area contributed by atoms with E-state index in [-0.39, 0.29) is 18.3 Å². The van der Waals surface area contributed by atoms with E-state index in [9.17, 15) is 0 Å². The fourth-order valence-corrected chi connectivity index (χ4v) is 1.85. The Kier molecular flexibility index (Phi) is 3.18. The molecule has 0 amide bonds. The highest BCUT2D eigenvalue weighted by atomic mass is 16.7. The van der Waals surface area contributed by atoms with Gasteiger partial charge in [-0.2, -0.15) is 5.26 Å². The van der Waals surface area contributed by atoms with E-state index < -0.39 is 0 Å². The second-order valence-corrected chi connectivity index (χ2v) is 5.55. The molecule has 1 aromatic heterocycles. The van der Waals surface area contributed by atoms with Crippen LogP contribution in [0.15, 0.2) is 18.3 Å². The SMILES string of the molecule is CC1(C)OB(Cc2ccc(C#N)nc2)OC1(C)C. The highest BCUT2D eigenvalue weighted by Gasteiger charge is 2.50. The first-order chi connectivity index (χ1) is 8.34. The summed E-state index contributed by atoms with van der Waals surface area (Å²) < 4.78 is 11.8. The average Bonchev–Trinajstić information content (AvgIpc) is 2.48. The van der Waals surface area contributed by atoms with Crippen molar-refractivity contribution < 1.29 is 9.31 Å². The van der Waals surface area contributed by atoms with Crippen LogP contribution >= 0.6 is 0 Å². The summed E-state index contributed by atoms with van der Waals surface area (Å²) in [4.78, 5) is 4.04. The molecule has 0 unspecified atom stereocenters. The molecule has 1 aromatic rings. The molecule has 0 aliphatic carbocycles. The molecular weight excluding hydrogens is 227 g/mol. The number of hydrogen-bond donors (Lipinski definition) is 0. The Morgan fingerprint density at radius 3 is 2.28 bits per heavy atom. The molecular formula is C13H17BN2O2. The van der Waals surface area contributed by atoms with Crippen molar-refractivity contribution in [2.75, 3.05) is 0 Å². The normalized spacial score (nSPS) is 20.7. The van der Waals surface area contributed by atoms with E-state index in [4.69, 9.17) is 14.6 Å². The molecule has 0 N–H and O–H groups in total. The molecule has 0 aromatic carbocycles. The number of pyridine rings is 1. The highest BCUT2D eigenvalue weighted by molar-refractivity contribution is 6.45. The van der Waals surface area contributed by atoms with E-state index in [1.54, 1.807) is 12.3 Å². The Bertz CT molecular complexity index is 461. The predicted molar refractivity (Wildman–Crippen MR) is 68.7 cm³/mol. The van der Waals surface area contributed by atoms with Gasteiger partial charge in [0.05, 0.1) is 11.2 Å². The average molecular weight is 244 g/mol. The lowest BCUT2D eigenvalue weighted by Crippen LogP contribution is -2.41. The number of rotatable bonds is 2. The quantitative estimate of drug-likeness (QED) is 0.747. The largest absolute Gasteiger partial charge is 0.462 e. The molecule has 5 heteroatoms. The maximum Gasteiger partial charge on any atom is 0.462 e. The Hall–Kier alpha value is -1.38. The third-order valence-electron chi connectivity index (χ3n) is 3.64. The zero-order chi connectivity index (χ0) is 13.4. The van der Waals surface area contributed by atoms with E-state index in [1.165, 1.54) is 0 Å². The molecule has 1 aliphatic heterocycles. The van der Waals surface area contributed by atoms with Crippen LogP contribution in [0.25, 0.3) is 0 Å². The van der Waals surface area contributed by atoms with E-state index in [0.29, 0.717) is 12.0 Å². The van der Waals surface area contributed by atoms with Gasteiger partial charge < -0.3 is 9.31 Å². The summed E-state index contributed by atoms with van der Waals surface area (Å²) in [6.45, 7) is 8.13. The van der Waals surface area contributed by atoms with Gasteiger partial charge in [-0.05, 0) is 39.3 Å². The predicted octanol–water partition coefficient (Wildman–Crippen LogP) is 2.13. The van der Waals surface area contributed by atoms with Gasteiger partial charge >= 0.3 is 7.12 Å². The molecule has 18 heavy (non-hydrogen) atoms. The second-order valence-electron chi connectivity index (χ2n) is 5.55. The fourth-order valence-electron chi connectivity index (χ4n) is 1.85. The first kappa shape index (κ1) is 13.1. The zero-order valence-corrected chi connectivity index (χ0v) is 11.2. The van der Waals surface area contributed by atoms with E-state index >= 15 is 0 Å². The molecule has 94 valence electrons. The minimum Gasteiger partial charge on any atom is -0.403 e. The van der Waals surface area contributed by atoms with Crippen molar-refractivity contribution in [2.45, 2.75) is 45.2 Å². The lowest BCUT2D eigenvalue weighted by atomic mass is 9.81. The monoisotopic (exact) mass is 244 g/mol. The van der Waals surface area contributed by atoms with Gasteiger partial charge in [0.1, 0.15) is 11.8 Å². The molecule has 1 saturated heterocycles. The van der Waals surface area contributed by atoms with Crippen LogP contribution in [0, 0.1) is 11.3 Å². The third-order valence-corrected chi connectivity index (χ3v) is 3.64. The number of aromatic nitrogens is 1. The summed E-state index contributed by atoms with van der Waals surface area (Å²) in [7, 11) is -0.260. The van der Waals surface area contributed by atoms with Crippen molar-refractivity contribution in [1.82, 2.24) is 4.98 Å². The second kappa shape index (κ2) is 4.38. The highest BCUT2D eigenvalue weighted by Crippen LogP contribution is 2.37. The Morgan fingerprint density at radius 1 is 1.22 bits per heavy atom. The molecule has 0 bridgehead atoms. The van der Waals surface area contributed by atoms with Crippen molar-refractivity contribution in [2.24, 2.45) is 0 Å². The standard InChI is InChI=1S/C13H17BN2O2/c1-12(2)13(3,4)18-14(17-12)7-10-5-6-11(8-15)16-9-10/h5-6,9H,7H2,1-4H3. The van der Waals surface area contributed by atoms with Crippen LogP contribution in [0.3, 0.4) is 0 Å². The number of hydrogen-bond acceptors (Lipinski definition) is 4. The number of nitriles is 1. The van der Waals surface area contributed by atoms with Crippen molar-refractivity contribution in [3.63, 3.8) is 0 Å². The van der Waals surface area contributed by atoms with Gasteiger partial charge in [0.25, 0.3) is 0 Å². The van der Waals surface area contributed by atoms with Crippen LogP contribution in [0.1, 0.15) is 39.0 Å². The molecule has 2 heterocycles. The molecule has 2 rings (SSSR count). The summed E-state index contributed by atoms with van der Waals surface area (Å²) in [6, 6.07) is 5.59. The maximum absolute atomic E-state index is 8.69. The van der Waals surface area contributed by atoms with Crippen molar-refractivity contribution in [1.29, 1.82) is 5.26 Å². The smallest absolute Gasteiger partial charge is 0.403 e. The van der Waals surface area contributed by atoms with Crippen LogP contribution in [0.2, 0.25) is 0 Å². The topological polar surface area (TPSA) is 55.1 Å². The Balaban J connectivity index is 2.06. The first-order valence-corrected chi connectivity index (χ1v) is 6.05. The van der Waals surface area contributed by atoms with Crippen molar-refractivity contribution >= 4 is 7.12 Å². The third kappa shape index (κ3) is 2.40. The lowest BCUT2D eigenvalue weighted by molar-refractivity contribution is 0.00578. The zero-order valence-electron chi connectivity index (χ0n) is 11.2. The van der Waals surface area contributed by atoms with Gasteiger partial charge in [0.15, 0.2) is 0 Å². The molecule has 0 radical (unpaired) electrons. The van der Waals surface area contributed by atoms with Crippen LogP contribution in [-0.2, 0) is 15.6 Å². The van der Waals surface area contributed by atoms with Crippen LogP contribution in [0.4, 0.5) is 0 Å². The molecule has 1 fully saturated rings. The minimum atomic E-state index is -0.308. The van der Waals surface area contributed by atoms with Gasteiger partial charge in [0.2, 0.25) is 0 Å². The summed E-state index contributed by atoms with van der Waals surface area (Å²) in [6.07, 6.45) is 2.34. The van der Waals surface area contributed by atoms with Crippen LogP contribution in [-0.4, -0.2) is 23.3 Å². The maximum atomic E-state index is 8.69. The van der Waals surface area contributed by atoms with Gasteiger partial charge in [0, 0.05) is 12.5 Å². The molecule has 0 atom stereocenters. The summed E-state index contributed by atoms with van der Waals surface area (Å²) in [5.74, 6) is 0. The Morgan fingerprint density at radius 2 is 1.83 bits per heavy atom. The van der Waals surface area contributed by atoms with Gasteiger partial charge in [-0.3, -0.25) is 0 Å². The molecule has 0 saturated carbocycles. The van der Waals surface area contributed by atoms with Crippen LogP contribution in [0.5, 0.6) is 0 Å². The summed E-state index contributed by atoms with van der Waals surface area (Å²) in [5, 5.41) is 8.69. The van der Waals surface area contributed by atoms with Gasteiger partial charge in [-0.25, -0.2) is 4.98 Å². The fraction of sp³-hybridized carbons (Fsp3) is 0.538. The van der Waals surface area contributed by atoms with Crippen LogP contribution < -0.4 is 0 Å². The lowest BCUT2D eigenvalue weighted by Gasteiger charge is -2.32.